The Hall–Kier alpha value is -2.23. The van der Waals surface area contributed by atoms with Gasteiger partial charge in [-0.05, 0) is 59.0 Å². The van der Waals surface area contributed by atoms with E-state index < -0.39 is 23.6 Å². The molecule has 0 aliphatic rings. The van der Waals surface area contributed by atoms with Gasteiger partial charge in [-0.3, -0.25) is 4.79 Å². The van der Waals surface area contributed by atoms with E-state index in [9.17, 15) is 18.4 Å². The summed E-state index contributed by atoms with van der Waals surface area (Å²) < 4.78 is 26.7. The third kappa shape index (κ3) is 3.91. The Morgan fingerprint density at radius 2 is 1.50 bits per heavy atom. The molecule has 0 radical (unpaired) electrons. The minimum atomic E-state index is -0.753. The molecule has 3 amide bonds. The van der Waals surface area contributed by atoms with Crippen molar-refractivity contribution in [1.29, 1.82) is 0 Å². The van der Waals surface area contributed by atoms with Crippen molar-refractivity contribution in [3.05, 3.63) is 57.2 Å². The number of hydrogen-bond donors (Lipinski definition) is 3. The molecule has 114 valence electrons. The molecule has 0 aliphatic carbocycles. The molecule has 2 aromatic rings. The monoisotopic (exact) mass is 417 g/mol. The smallest absolute Gasteiger partial charge is 0.316 e. The average molecular weight is 417 g/mol. The lowest BCUT2D eigenvalue weighted by atomic mass is 10.2. The zero-order valence-corrected chi connectivity index (χ0v) is 13.1. The lowest BCUT2D eigenvalue weighted by Gasteiger charge is -2.08. The number of benzene rings is 2. The molecule has 0 aliphatic heterocycles. The summed E-state index contributed by atoms with van der Waals surface area (Å²) in [4.78, 5) is 22.7. The van der Waals surface area contributed by atoms with Crippen LogP contribution < -0.4 is 16.4 Å². The highest BCUT2D eigenvalue weighted by Crippen LogP contribution is 2.21. The van der Waals surface area contributed by atoms with E-state index in [2.05, 4.69) is 10.6 Å². The van der Waals surface area contributed by atoms with Crippen LogP contribution in [0.25, 0.3) is 0 Å². The number of halogens is 3. The van der Waals surface area contributed by atoms with Crippen molar-refractivity contribution in [3.8, 4) is 0 Å². The highest BCUT2D eigenvalue weighted by Gasteiger charge is 2.11. The van der Waals surface area contributed by atoms with Crippen molar-refractivity contribution in [2.24, 2.45) is 5.73 Å². The molecule has 8 heteroatoms. The first-order chi connectivity index (χ1) is 10.4. The Kier molecular flexibility index (Phi) is 4.91. The van der Waals surface area contributed by atoms with Gasteiger partial charge in [-0.1, -0.05) is 0 Å². The number of nitrogens with two attached hydrogens (primary N) is 1. The fourth-order valence-electron chi connectivity index (χ4n) is 1.68. The zero-order valence-electron chi connectivity index (χ0n) is 11.0. The quantitative estimate of drug-likeness (QED) is 0.529. The van der Waals surface area contributed by atoms with Crippen LogP contribution in [0.3, 0.4) is 0 Å². The lowest BCUT2D eigenvalue weighted by Crippen LogP contribution is -2.19. The Bertz CT molecular complexity index is 712. The van der Waals surface area contributed by atoms with E-state index in [1.54, 1.807) is 0 Å². The molecule has 0 unspecified atom stereocenters. The highest BCUT2D eigenvalue weighted by molar-refractivity contribution is 14.1. The zero-order chi connectivity index (χ0) is 16.3. The van der Waals surface area contributed by atoms with Gasteiger partial charge < -0.3 is 16.4 Å². The number of primary amides is 1. The maximum Gasteiger partial charge on any atom is 0.316 e. The van der Waals surface area contributed by atoms with Gasteiger partial charge in [0, 0.05) is 16.9 Å². The Balaban J connectivity index is 2.14. The predicted molar refractivity (Wildman–Crippen MR) is 86.7 cm³/mol. The summed E-state index contributed by atoms with van der Waals surface area (Å²) in [5, 5.41) is 4.74. The van der Waals surface area contributed by atoms with Gasteiger partial charge >= 0.3 is 6.03 Å². The van der Waals surface area contributed by atoms with Gasteiger partial charge in [0.25, 0.3) is 5.91 Å². The van der Waals surface area contributed by atoms with Gasteiger partial charge in [0.2, 0.25) is 0 Å². The summed E-state index contributed by atoms with van der Waals surface area (Å²) in [6, 6.07) is 7.20. The van der Waals surface area contributed by atoms with Crippen LogP contribution in [0.15, 0.2) is 36.4 Å². The second-order valence-electron chi connectivity index (χ2n) is 4.27. The minimum absolute atomic E-state index is 0.0137. The van der Waals surface area contributed by atoms with E-state index >= 15 is 0 Å². The average Bonchev–Trinajstić information content (AvgIpc) is 2.44. The van der Waals surface area contributed by atoms with Gasteiger partial charge in [-0.2, -0.15) is 0 Å². The number of amides is 3. The van der Waals surface area contributed by atoms with E-state index in [0.29, 0.717) is 5.69 Å². The number of urea groups is 1. The maximum atomic E-state index is 13.4. The number of rotatable bonds is 3. The van der Waals surface area contributed by atoms with Crippen LogP contribution in [0.5, 0.6) is 0 Å². The fraction of sp³-hybridized carbons (Fsp3) is 0. The molecule has 0 heterocycles. The van der Waals surface area contributed by atoms with E-state index in [4.69, 9.17) is 5.73 Å². The molecule has 0 bridgehead atoms. The molecular formula is C14H10F2IN3O2. The second kappa shape index (κ2) is 6.69. The number of nitrogens with one attached hydrogen (secondary N) is 2. The maximum absolute atomic E-state index is 13.4. The van der Waals surface area contributed by atoms with Crippen molar-refractivity contribution < 1.29 is 18.4 Å². The molecule has 4 N–H and O–H groups in total. The van der Waals surface area contributed by atoms with E-state index in [1.165, 1.54) is 46.9 Å². The van der Waals surface area contributed by atoms with Crippen LogP contribution in [-0.4, -0.2) is 11.9 Å². The van der Waals surface area contributed by atoms with Gasteiger partial charge in [0.05, 0.1) is 3.57 Å². The molecule has 5 nitrogen and oxygen atoms in total. The molecule has 0 spiro atoms. The molecule has 0 fully saturated rings. The van der Waals surface area contributed by atoms with Crippen LogP contribution in [0, 0.1) is 15.2 Å². The van der Waals surface area contributed by atoms with Crippen LogP contribution in [0.4, 0.5) is 25.0 Å². The molecule has 2 aromatic carbocycles. The van der Waals surface area contributed by atoms with Crippen molar-refractivity contribution in [1.82, 2.24) is 0 Å². The first kappa shape index (κ1) is 16.1. The van der Waals surface area contributed by atoms with Crippen LogP contribution in [0.2, 0.25) is 0 Å². The summed E-state index contributed by atoms with van der Waals surface area (Å²) in [5.41, 5.74) is 5.66. The topological polar surface area (TPSA) is 84.2 Å². The Morgan fingerprint density at radius 1 is 0.955 bits per heavy atom. The van der Waals surface area contributed by atoms with Crippen molar-refractivity contribution in [2.75, 3.05) is 10.6 Å². The van der Waals surface area contributed by atoms with Gasteiger partial charge in [0.1, 0.15) is 11.6 Å². The largest absolute Gasteiger partial charge is 0.351 e. The number of carbonyl (C=O) groups excluding carboxylic acids is 2. The number of carbonyl (C=O) groups is 2. The van der Waals surface area contributed by atoms with Crippen LogP contribution >= 0.6 is 22.6 Å². The van der Waals surface area contributed by atoms with Gasteiger partial charge in [-0.25, -0.2) is 13.6 Å². The standard InChI is InChI=1S/C14H10F2IN3O2/c15-10-5-9(6-11(16)12(10)17)19-13(21)7-1-3-8(4-2-7)20-14(18)22/h1-6H,(H,19,21)(H3,18,20,22). The molecule has 0 saturated carbocycles. The van der Waals surface area contributed by atoms with Crippen molar-refractivity contribution >= 4 is 45.9 Å². The van der Waals surface area contributed by atoms with E-state index in [1.807, 2.05) is 0 Å². The van der Waals surface area contributed by atoms with E-state index in [-0.39, 0.29) is 14.8 Å². The van der Waals surface area contributed by atoms with Gasteiger partial charge in [-0.15, -0.1) is 0 Å². The Labute approximate surface area is 138 Å². The normalized spacial score (nSPS) is 10.1. The van der Waals surface area contributed by atoms with Crippen molar-refractivity contribution in [2.45, 2.75) is 0 Å². The SMILES string of the molecule is NC(=O)Nc1ccc(C(=O)Nc2cc(F)c(I)c(F)c2)cc1. The molecule has 2 rings (SSSR count). The van der Waals surface area contributed by atoms with Crippen LogP contribution in [-0.2, 0) is 0 Å². The summed E-state index contributed by atoms with van der Waals surface area (Å²) >= 11 is 1.54. The Morgan fingerprint density at radius 3 is 2.00 bits per heavy atom. The predicted octanol–water partition coefficient (Wildman–Crippen LogP) is 3.31. The first-order valence-electron chi connectivity index (χ1n) is 5.99. The molecular weight excluding hydrogens is 407 g/mol. The molecule has 22 heavy (non-hydrogen) atoms. The summed E-state index contributed by atoms with van der Waals surface area (Å²) in [5.74, 6) is -2.04. The number of hydrogen-bond acceptors (Lipinski definition) is 2. The lowest BCUT2D eigenvalue weighted by molar-refractivity contribution is 0.102. The first-order valence-corrected chi connectivity index (χ1v) is 7.07. The summed E-state index contributed by atoms with van der Waals surface area (Å²) in [6.45, 7) is 0. The second-order valence-corrected chi connectivity index (χ2v) is 5.35. The summed E-state index contributed by atoms with van der Waals surface area (Å²) in [6.07, 6.45) is 0. The fourth-order valence-corrected chi connectivity index (χ4v) is 1.99. The summed E-state index contributed by atoms with van der Waals surface area (Å²) in [7, 11) is 0. The van der Waals surface area contributed by atoms with E-state index in [0.717, 1.165) is 12.1 Å². The third-order valence-electron chi connectivity index (χ3n) is 2.66. The number of anilines is 2. The molecule has 0 saturated heterocycles. The highest BCUT2D eigenvalue weighted by atomic mass is 127. The minimum Gasteiger partial charge on any atom is -0.351 e. The van der Waals surface area contributed by atoms with Crippen molar-refractivity contribution in [3.63, 3.8) is 0 Å². The van der Waals surface area contributed by atoms with Gasteiger partial charge in [0.15, 0.2) is 0 Å². The molecule has 0 atom stereocenters. The molecule has 0 aromatic heterocycles. The van der Waals surface area contributed by atoms with Crippen LogP contribution in [0.1, 0.15) is 10.4 Å². The third-order valence-corrected chi connectivity index (χ3v) is 3.69.